The Morgan fingerprint density at radius 3 is 3.17 bits per heavy atom. The zero-order valence-corrected chi connectivity index (χ0v) is 7.85. The van der Waals surface area contributed by atoms with Crippen molar-refractivity contribution in [3.63, 3.8) is 0 Å². The van der Waals surface area contributed by atoms with Gasteiger partial charge in [-0.1, -0.05) is 6.92 Å². The SMILES string of the molecule is CC1CNCCN(CCCF)C1. The monoisotopic (exact) mass is 174 g/mol. The van der Waals surface area contributed by atoms with Gasteiger partial charge in [-0.15, -0.1) is 0 Å². The second-order valence-electron chi connectivity index (χ2n) is 3.65. The summed E-state index contributed by atoms with van der Waals surface area (Å²) in [7, 11) is 0. The molecule has 0 radical (unpaired) electrons. The number of hydrogen-bond acceptors (Lipinski definition) is 2. The Hall–Kier alpha value is -0.150. The summed E-state index contributed by atoms with van der Waals surface area (Å²) >= 11 is 0. The summed E-state index contributed by atoms with van der Waals surface area (Å²) in [5.41, 5.74) is 0. The molecule has 0 saturated carbocycles. The molecule has 0 aromatic heterocycles. The van der Waals surface area contributed by atoms with Gasteiger partial charge in [-0.25, -0.2) is 0 Å². The molecule has 0 spiro atoms. The van der Waals surface area contributed by atoms with Gasteiger partial charge in [0.05, 0.1) is 6.67 Å². The Morgan fingerprint density at radius 1 is 1.58 bits per heavy atom. The molecule has 0 aromatic carbocycles. The quantitative estimate of drug-likeness (QED) is 0.683. The van der Waals surface area contributed by atoms with Gasteiger partial charge in [-0.2, -0.15) is 0 Å². The van der Waals surface area contributed by atoms with Gasteiger partial charge in [0.25, 0.3) is 0 Å². The fraction of sp³-hybridized carbons (Fsp3) is 1.00. The van der Waals surface area contributed by atoms with Crippen molar-refractivity contribution < 1.29 is 4.39 Å². The third-order valence-electron chi connectivity index (χ3n) is 2.28. The highest BCUT2D eigenvalue weighted by Gasteiger charge is 2.12. The molecule has 1 aliphatic heterocycles. The highest BCUT2D eigenvalue weighted by molar-refractivity contribution is 4.70. The summed E-state index contributed by atoms with van der Waals surface area (Å²) in [6.45, 7) is 7.32. The molecule has 0 bridgehead atoms. The minimum absolute atomic E-state index is 0.182. The lowest BCUT2D eigenvalue weighted by molar-refractivity contribution is 0.251. The predicted octanol–water partition coefficient (Wildman–Crippen LogP) is 0.887. The van der Waals surface area contributed by atoms with Crippen molar-refractivity contribution in [2.24, 2.45) is 5.92 Å². The van der Waals surface area contributed by atoms with Crippen LogP contribution >= 0.6 is 0 Å². The van der Waals surface area contributed by atoms with Crippen LogP contribution in [-0.2, 0) is 0 Å². The summed E-state index contributed by atoms with van der Waals surface area (Å²) in [6, 6.07) is 0. The van der Waals surface area contributed by atoms with Crippen LogP contribution in [0.2, 0.25) is 0 Å². The smallest absolute Gasteiger partial charge is 0.0906 e. The predicted molar refractivity (Wildman–Crippen MR) is 49.1 cm³/mol. The average molecular weight is 174 g/mol. The first-order valence-electron chi connectivity index (χ1n) is 4.82. The molecule has 1 atom stereocenters. The minimum Gasteiger partial charge on any atom is -0.315 e. The van der Waals surface area contributed by atoms with Crippen LogP contribution in [0.25, 0.3) is 0 Å². The van der Waals surface area contributed by atoms with Crippen LogP contribution in [-0.4, -0.2) is 44.3 Å². The largest absolute Gasteiger partial charge is 0.315 e. The summed E-state index contributed by atoms with van der Waals surface area (Å²) in [5, 5.41) is 3.37. The molecule has 1 unspecified atom stereocenters. The maximum Gasteiger partial charge on any atom is 0.0906 e. The number of halogens is 1. The van der Waals surface area contributed by atoms with Crippen molar-refractivity contribution >= 4 is 0 Å². The molecule has 2 nitrogen and oxygen atoms in total. The fourth-order valence-corrected chi connectivity index (χ4v) is 1.67. The van der Waals surface area contributed by atoms with E-state index < -0.39 is 0 Å². The molecular formula is C9H19FN2. The Kier molecular flexibility index (Phi) is 4.54. The topological polar surface area (TPSA) is 15.3 Å². The van der Waals surface area contributed by atoms with E-state index in [1.165, 1.54) is 0 Å². The summed E-state index contributed by atoms with van der Waals surface area (Å²) in [5.74, 6) is 0.701. The van der Waals surface area contributed by atoms with Crippen LogP contribution in [0.5, 0.6) is 0 Å². The maximum absolute atomic E-state index is 11.9. The normalized spacial score (nSPS) is 27.0. The average Bonchev–Trinajstić information content (AvgIpc) is 2.26. The van der Waals surface area contributed by atoms with Gasteiger partial charge in [0.2, 0.25) is 0 Å². The van der Waals surface area contributed by atoms with E-state index in [4.69, 9.17) is 0 Å². The van der Waals surface area contributed by atoms with Gasteiger partial charge in [0.1, 0.15) is 0 Å². The fourth-order valence-electron chi connectivity index (χ4n) is 1.67. The molecule has 1 rings (SSSR count). The van der Waals surface area contributed by atoms with Crippen molar-refractivity contribution in [3.05, 3.63) is 0 Å². The first-order chi connectivity index (χ1) is 5.83. The molecule has 1 heterocycles. The lowest BCUT2D eigenvalue weighted by Crippen LogP contribution is -2.30. The summed E-state index contributed by atoms with van der Waals surface area (Å²) in [6.07, 6.45) is 0.687. The Labute approximate surface area is 74.1 Å². The summed E-state index contributed by atoms with van der Waals surface area (Å²) in [4.78, 5) is 2.35. The molecule has 1 aliphatic rings. The lowest BCUT2D eigenvalue weighted by atomic mass is 10.2. The Morgan fingerprint density at radius 2 is 2.42 bits per heavy atom. The van der Waals surface area contributed by atoms with E-state index in [-0.39, 0.29) is 6.67 Å². The highest BCUT2D eigenvalue weighted by Crippen LogP contribution is 2.02. The first kappa shape index (κ1) is 9.93. The van der Waals surface area contributed by atoms with Gasteiger partial charge in [-0.05, 0) is 18.9 Å². The van der Waals surface area contributed by atoms with Crippen molar-refractivity contribution in [2.75, 3.05) is 39.4 Å². The van der Waals surface area contributed by atoms with Crippen LogP contribution < -0.4 is 5.32 Å². The molecule has 72 valence electrons. The molecule has 0 amide bonds. The minimum atomic E-state index is -0.182. The number of nitrogens with zero attached hydrogens (tertiary/aromatic N) is 1. The number of alkyl halides is 1. The third-order valence-corrected chi connectivity index (χ3v) is 2.28. The van der Waals surface area contributed by atoms with Crippen LogP contribution in [0, 0.1) is 5.92 Å². The Balaban J connectivity index is 2.21. The van der Waals surface area contributed by atoms with Gasteiger partial charge in [0.15, 0.2) is 0 Å². The van der Waals surface area contributed by atoms with Gasteiger partial charge >= 0.3 is 0 Å². The van der Waals surface area contributed by atoms with Gasteiger partial charge in [0, 0.05) is 26.2 Å². The van der Waals surface area contributed by atoms with Crippen LogP contribution in [0.4, 0.5) is 4.39 Å². The van der Waals surface area contributed by atoms with E-state index in [2.05, 4.69) is 17.1 Å². The second kappa shape index (κ2) is 5.49. The van der Waals surface area contributed by atoms with Crippen LogP contribution in [0.1, 0.15) is 13.3 Å². The second-order valence-corrected chi connectivity index (χ2v) is 3.65. The third kappa shape index (κ3) is 3.50. The van der Waals surface area contributed by atoms with E-state index in [1.807, 2.05) is 0 Å². The molecule has 0 aliphatic carbocycles. The lowest BCUT2D eigenvalue weighted by Gasteiger charge is -2.20. The van der Waals surface area contributed by atoms with Gasteiger partial charge in [-0.3, -0.25) is 4.39 Å². The zero-order valence-electron chi connectivity index (χ0n) is 7.85. The van der Waals surface area contributed by atoms with Crippen molar-refractivity contribution in [1.82, 2.24) is 10.2 Å². The van der Waals surface area contributed by atoms with E-state index in [1.54, 1.807) is 0 Å². The van der Waals surface area contributed by atoms with E-state index in [9.17, 15) is 4.39 Å². The molecule has 1 saturated heterocycles. The molecule has 12 heavy (non-hydrogen) atoms. The molecular weight excluding hydrogens is 155 g/mol. The standard InChI is InChI=1S/C9H19FN2/c1-9-7-11-4-6-12(8-9)5-2-3-10/h9,11H,2-8H2,1H3. The van der Waals surface area contributed by atoms with Crippen LogP contribution in [0.15, 0.2) is 0 Å². The van der Waals surface area contributed by atoms with E-state index in [0.29, 0.717) is 12.3 Å². The number of nitrogens with one attached hydrogen (secondary N) is 1. The first-order valence-corrected chi connectivity index (χ1v) is 4.82. The number of hydrogen-bond donors (Lipinski definition) is 1. The van der Waals surface area contributed by atoms with E-state index in [0.717, 1.165) is 32.7 Å². The molecule has 1 N–H and O–H groups in total. The summed E-state index contributed by atoms with van der Waals surface area (Å²) < 4.78 is 11.9. The maximum atomic E-state index is 11.9. The van der Waals surface area contributed by atoms with Crippen molar-refractivity contribution in [2.45, 2.75) is 13.3 Å². The van der Waals surface area contributed by atoms with Gasteiger partial charge < -0.3 is 10.2 Å². The van der Waals surface area contributed by atoms with Crippen LogP contribution in [0.3, 0.4) is 0 Å². The highest BCUT2D eigenvalue weighted by atomic mass is 19.1. The molecule has 0 aromatic rings. The van der Waals surface area contributed by atoms with Crippen molar-refractivity contribution in [1.29, 1.82) is 0 Å². The number of rotatable bonds is 3. The van der Waals surface area contributed by atoms with Crippen molar-refractivity contribution in [3.8, 4) is 0 Å². The molecule has 3 heteroatoms. The zero-order chi connectivity index (χ0) is 8.81. The Bertz CT molecular complexity index is 119. The molecule has 1 fully saturated rings. The van der Waals surface area contributed by atoms with E-state index >= 15 is 0 Å².